The summed E-state index contributed by atoms with van der Waals surface area (Å²) in [5.41, 5.74) is -0.00226. The van der Waals surface area contributed by atoms with E-state index in [1.54, 1.807) is 17.8 Å². The summed E-state index contributed by atoms with van der Waals surface area (Å²) in [5, 5.41) is 13.4. The van der Waals surface area contributed by atoms with Gasteiger partial charge in [-0.3, -0.25) is 0 Å². The third kappa shape index (κ3) is 3.47. The first-order valence-corrected chi connectivity index (χ1v) is 7.93. The number of halogens is 2. The fourth-order valence-electron chi connectivity index (χ4n) is 2.04. The van der Waals surface area contributed by atoms with Gasteiger partial charge in [0.1, 0.15) is 5.82 Å². The van der Waals surface area contributed by atoms with Crippen molar-refractivity contribution < 1.29 is 9.50 Å². The number of hydrogen-bond acceptors (Lipinski definition) is 3. The highest BCUT2D eigenvalue weighted by Crippen LogP contribution is 2.28. The van der Waals surface area contributed by atoms with Crippen LogP contribution < -0.4 is 5.32 Å². The zero-order valence-electron chi connectivity index (χ0n) is 10.2. The molecule has 1 aromatic rings. The fourth-order valence-corrected chi connectivity index (χ4v) is 3.67. The maximum atomic E-state index is 13.8. The summed E-state index contributed by atoms with van der Waals surface area (Å²) in [5.74, 6) is 1.53. The summed E-state index contributed by atoms with van der Waals surface area (Å²) >= 11 is 5.01. The number of nitrogens with one attached hydrogen (secondary N) is 1. The molecule has 2 atom stereocenters. The first-order chi connectivity index (χ1) is 8.50. The largest absolute Gasteiger partial charge is 0.388 e. The number of benzene rings is 1. The van der Waals surface area contributed by atoms with Crippen LogP contribution in [0.15, 0.2) is 22.7 Å². The molecule has 2 unspecified atom stereocenters. The van der Waals surface area contributed by atoms with Crippen LogP contribution in [0, 0.1) is 5.82 Å². The minimum atomic E-state index is -0.634. The molecule has 2 nitrogen and oxygen atoms in total. The maximum Gasteiger partial charge on any atom is 0.129 e. The van der Waals surface area contributed by atoms with Crippen molar-refractivity contribution in [1.29, 1.82) is 0 Å². The van der Waals surface area contributed by atoms with Gasteiger partial charge in [0, 0.05) is 28.4 Å². The van der Waals surface area contributed by atoms with Gasteiger partial charge >= 0.3 is 0 Å². The molecule has 1 aliphatic heterocycles. The average molecular weight is 334 g/mol. The summed E-state index contributed by atoms with van der Waals surface area (Å²) in [6, 6.07) is 4.96. The smallest absolute Gasteiger partial charge is 0.129 e. The van der Waals surface area contributed by atoms with Crippen LogP contribution in [-0.2, 0) is 0 Å². The zero-order valence-corrected chi connectivity index (χ0v) is 12.7. The monoisotopic (exact) mass is 333 g/mol. The van der Waals surface area contributed by atoms with Gasteiger partial charge in [0.2, 0.25) is 0 Å². The Balaban J connectivity index is 1.97. The van der Waals surface area contributed by atoms with E-state index in [9.17, 15) is 9.50 Å². The van der Waals surface area contributed by atoms with E-state index < -0.39 is 5.60 Å². The van der Waals surface area contributed by atoms with Crippen molar-refractivity contribution in [2.24, 2.45) is 0 Å². The van der Waals surface area contributed by atoms with Crippen molar-refractivity contribution in [2.75, 3.05) is 18.1 Å². The Morgan fingerprint density at radius 2 is 2.39 bits per heavy atom. The molecule has 0 saturated carbocycles. The third-order valence-electron chi connectivity index (χ3n) is 3.25. The van der Waals surface area contributed by atoms with Gasteiger partial charge in [-0.1, -0.05) is 22.0 Å². The Morgan fingerprint density at radius 3 is 3.00 bits per heavy atom. The molecule has 2 rings (SSSR count). The predicted molar refractivity (Wildman–Crippen MR) is 77.4 cm³/mol. The molecule has 18 heavy (non-hydrogen) atoms. The van der Waals surface area contributed by atoms with E-state index in [0.29, 0.717) is 12.1 Å². The van der Waals surface area contributed by atoms with Crippen LogP contribution in [0.4, 0.5) is 4.39 Å². The summed E-state index contributed by atoms with van der Waals surface area (Å²) < 4.78 is 14.5. The molecule has 0 amide bonds. The molecule has 0 radical (unpaired) electrons. The first kappa shape index (κ1) is 14.3. The Bertz CT molecular complexity index is 423. The molecule has 1 aromatic carbocycles. The molecule has 5 heteroatoms. The molecule has 0 aromatic heterocycles. The van der Waals surface area contributed by atoms with Crippen LogP contribution >= 0.6 is 27.7 Å². The minimum absolute atomic E-state index is 0.104. The van der Waals surface area contributed by atoms with E-state index >= 15 is 0 Å². The number of hydrogen-bond donors (Lipinski definition) is 2. The quantitative estimate of drug-likeness (QED) is 0.887. The van der Waals surface area contributed by atoms with Crippen molar-refractivity contribution in [3.63, 3.8) is 0 Å². The highest BCUT2D eigenvalue weighted by Gasteiger charge is 2.31. The van der Waals surface area contributed by atoms with E-state index in [2.05, 4.69) is 21.2 Å². The molecule has 100 valence electrons. The topological polar surface area (TPSA) is 32.3 Å². The lowest BCUT2D eigenvalue weighted by Crippen LogP contribution is -2.41. The Hall–Kier alpha value is -0.100. The van der Waals surface area contributed by atoms with Crippen molar-refractivity contribution in [2.45, 2.75) is 25.0 Å². The van der Waals surface area contributed by atoms with Gasteiger partial charge in [-0.2, -0.15) is 11.8 Å². The van der Waals surface area contributed by atoms with Gasteiger partial charge in [0.25, 0.3) is 0 Å². The summed E-state index contributed by atoms with van der Waals surface area (Å²) in [7, 11) is 0. The molecule has 0 bridgehead atoms. The zero-order chi connectivity index (χ0) is 13.2. The van der Waals surface area contributed by atoms with E-state index in [4.69, 9.17) is 0 Å². The first-order valence-electron chi connectivity index (χ1n) is 5.99. The van der Waals surface area contributed by atoms with Gasteiger partial charge in [-0.15, -0.1) is 0 Å². The molecular formula is C13H17BrFNOS. The van der Waals surface area contributed by atoms with Crippen molar-refractivity contribution in [3.05, 3.63) is 34.1 Å². The molecule has 0 spiro atoms. The van der Waals surface area contributed by atoms with Crippen molar-refractivity contribution in [3.8, 4) is 0 Å². The standard InChI is InChI=1S/C13H17BrFNOS/c1-9(11-3-2-10(14)6-12(11)15)16-7-13(17)4-5-18-8-13/h2-3,6,9,16-17H,4-5,7-8H2,1H3. The van der Waals surface area contributed by atoms with Gasteiger partial charge in [0.05, 0.1) is 5.60 Å². The Kier molecular flexibility index (Phi) is 4.69. The van der Waals surface area contributed by atoms with Crippen molar-refractivity contribution >= 4 is 27.7 Å². The lowest BCUT2D eigenvalue weighted by molar-refractivity contribution is 0.0650. The fraction of sp³-hybridized carbons (Fsp3) is 0.538. The Labute approximate surface area is 119 Å². The SMILES string of the molecule is CC(NCC1(O)CCSC1)c1ccc(Br)cc1F. The van der Waals surface area contributed by atoms with Gasteiger partial charge in [-0.25, -0.2) is 4.39 Å². The van der Waals surface area contributed by atoms with E-state index in [0.717, 1.165) is 22.4 Å². The maximum absolute atomic E-state index is 13.8. The number of thioether (sulfide) groups is 1. The normalized spacial score (nSPS) is 25.3. The number of rotatable bonds is 4. The summed E-state index contributed by atoms with van der Waals surface area (Å²) in [6.07, 6.45) is 0.806. The molecular weight excluding hydrogens is 317 g/mol. The lowest BCUT2D eigenvalue weighted by Gasteiger charge is -2.25. The molecule has 1 saturated heterocycles. The summed E-state index contributed by atoms with van der Waals surface area (Å²) in [4.78, 5) is 0. The van der Waals surface area contributed by atoms with Gasteiger partial charge in [-0.05, 0) is 31.2 Å². The van der Waals surface area contributed by atoms with E-state index in [1.165, 1.54) is 6.07 Å². The van der Waals surface area contributed by atoms with Crippen LogP contribution in [0.3, 0.4) is 0 Å². The summed E-state index contributed by atoms with van der Waals surface area (Å²) in [6.45, 7) is 2.43. The molecule has 0 aliphatic carbocycles. The molecule has 2 N–H and O–H groups in total. The highest BCUT2D eigenvalue weighted by molar-refractivity contribution is 9.10. The van der Waals surface area contributed by atoms with Gasteiger partial charge in [0.15, 0.2) is 0 Å². The predicted octanol–water partition coefficient (Wildman–Crippen LogP) is 3.11. The van der Waals surface area contributed by atoms with E-state index in [-0.39, 0.29) is 11.9 Å². The van der Waals surface area contributed by atoms with Gasteiger partial charge < -0.3 is 10.4 Å². The lowest BCUT2D eigenvalue weighted by atomic mass is 10.0. The van der Waals surface area contributed by atoms with Crippen LogP contribution in [0.1, 0.15) is 24.9 Å². The molecule has 1 fully saturated rings. The van der Waals surface area contributed by atoms with Crippen LogP contribution in [0.2, 0.25) is 0 Å². The minimum Gasteiger partial charge on any atom is -0.388 e. The highest BCUT2D eigenvalue weighted by atomic mass is 79.9. The van der Waals surface area contributed by atoms with E-state index in [1.807, 2.05) is 13.0 Å². The molecule has 1 heterocycles. The second kappa shape index (κ2) is 5.90. The second-order valence-corrected chi connectivity index (χ2v) is 6.82. The Morgan fingerprint density at radius 1 is 1.61 bits per heavy atom. The van der Waals surface area contributed by atoms with Crippen molar-refractivity contribution in [1.82, 2.24) is 5.32 Å². The molecule has 1 aliphatic rings. The second-order valence-electron chi connectivity index (χ2n) is 4.80. The number of aliphatic hydroxyl groups is 1. The third-order valence-corrected chi connectivity index (χ3v) is 4.98. The van der Waals surface area contributed by atoms with Crippen LogP contribution in [0.5, 0.6) is 0 Å². The van der Waals surface area contributed by atoms with Crippen LogP contribution in [0.25, 0.3) is 0 Å². The average Bonchev–Trinajstić information content (AvgIpc) is 2.74. The van der Waals surface area contributed by atoms with Crippen LogP contribution in [-0.4, -0.2) is 28.8 Å².